The van der Waals surface area contributed by atoms with Crippen LogP contribution in [-0.4, -0.2) is 15.7 Å². The Labute approximate surface area is 172 Å². The van der Waals surface area contributed by atoms with Gasteiger partial charge in [-0.05, 0) is 43.7 Å². The fraction of sp³-hybridized carbons (Fsp3) is 0.200. The first-order valence-corrected chi connectivity index (χ1v) is 9.49. The van der Waals surface area contributed by atoms with E-state index in [9.17, 15) is 4.79 Å². The zero-order valence-corrected chi connectivity index (χ0v) is 16.8. The van der Waals surface area contributed by atoms with Crippen molar-refractivity contribution in [3.63, 3.8) is 0 Å². The number of nitrogens with one attached hydrogen (secondary N) is 2. The van der Waals surface area contributed by atoms with Crippen molar-refractivity contribution in [1.29, 1.82) is 0 Å². The second-order valence-corrected chi connectivity index (χ2v) is 7.43. The Morgan fingerprint density at radius 2 is 2.07 bits per heavy atom. The standard InChI is InChI=1S/C20H18Cl2N4O2/c1-11-8-17-24-12(2)18(20(27)23-10-14-4-3-7-28-14)19(26(17)25-11)13-5-6-15(21)16(22)9-13/h3-9,19,24H,10H2,1-2H3,(H,23,27). The highest BCUT2D eigenvalue weighted by atomic mass is 35.5. The minimum absolute atomic E-state index is 0.212. The summed E-state index contributed by atoms with van der Waals surface area (Å²) in [7, 11) is 0. The van der Waals surface area contributed by atoms with Gasteiger partial charge in [-0.3, -0.25) is 4.79 Å². The van der Waals surface area contributed by atoms with Gasteiger partial charge in [0.1, 0.15) is 17.6 Å². The SMILES string of the molecule is CC1=C(C(=O)NCc2ccco2)C(c2ccc(Cl)c(Cl)c2)n2nc(C)cc2N1. The smallest absolute Gasteiger partial charge is 0.251 e. The summed E-state index contributed by atoms with van der Waals surface area (Å²) >= 11 is 12.3. The summed E-state index contributed by atoms with van der Waals surface area (Å²) in [6, 6.07) is 10.5. The number of rotatable bonds is 4. The molecule has 0 bridgehead atoms. The summed E-state index contributed by atoms with van der Waals surface area (Å²) in [5.74, 6) is 1.28. The second-order valence-electron chi connectivity index (χ2n) is 6.62. The molecule has 28 heavy (non-hydrogen) atoms. The third-order valence-electron chi connectivity index (χ3n) is 4.60. The second kappa shape index (κ2) is 7.37. The number of furan rings is 1. The van der Waals surface area contributed by atoms with Crippen LogP contribution in [0.4, 0.5) is 5.82 Å². The van der Waals surface area contributed by atoms with Gasteiger partial charge < -0.3 is 15.1 Å². The van der Waals surface area contributed by atoms with Crippen molar-refractivity contribution in [3.8, 4) is 0 Å². The number of nitrogens with zero attached hydrogens (tertiary/aromatic N) is 2. The third-order valence-corrected chi connectivity index (χ3v) is 5.34. The van der Waals surface area contributed by atoms with Crippen molar-refractivity contribution >= 4 is 34.9 Å². The van der Waals surface area contributed by atoms with E-state index in [0.29, 0.717) is 27.9 Å². The van der Waals surface area contributed by atoms with E-state index in [0.717, 1.165) is 22.8 Å². The zero-order valence-electron chi connectivity index (χ0n) is 15.3. The summed E-state index contributed by atoms with van der Waals surface area (Å²) in [6.07, 6.45) is 1.57. The van der Waals surface area contributed by atoms with Gasteiger partial charge in [-0.15, -0.1) is 0 Å². The minimum Gasteiger partial charge on any atom is -0.467 e. The number of carbonyl (C=O) groups excluding carboxylic acids is 1. The molecule has 1 amide bonds. The number of amides is 1. The zero-order chi connectivity index (χ0) is 19.8. The molecule has 0 aliphatic carbocycles. The number of halogens is 2. The fourth-order valence-corrected chi connectivity index (χ4v) is 3.66. The van der Waals surface area contributed by atoms with Gasteiger partial charge in [-0.1, -0.05) is 29.3 Å². The number of aryl methyl sites for hydroxylation is 1. The van der Waals surface area contributed by atoms with Gasteiger partial charge in [0.2, 0.25) is 0 Å². The fourth-order valence-electron chi connectivity index (χ4n) is 3.35. The van der Waals surface area contributed by atoms with Crippen molar-refractivity contribution in [1.82, 2.24) is 15.1 Å². The Hall–Kier alpha value is -2.70. The van der Waals surface area contributed by atoms with Crippen LogP contribution in [0.5, 0.6) is 0 Å². The van der Waals surface area contributed by atoms with E-state index >= 15 is 0 Å². The van der Waals surface area contributed by atoms with Crippen LogP contribution in [0.25, 0.3) is 0 Å². The lowest BCUT2D eigenvalue weighted by molar-refractivity contribution is -0.118. The lowest BCUT2D eigenvalue weighted by atomic mass is 9.95. The van der Waals surface area contributed by atoms with Gasteiger partial charge in [-0.2, -0.15) is 5.10 Å². The minimum atomic E-state index is -0.434. The molecule has 144 valence electrons. The normalized spacial score (nSPS) is 15.9. The number of aromatic nitrogens is 2. The molecule has 1 aliphatic rings. The number of hydrogen-bond acceptors (Lipinski definition) is 4. The average Bonchev–Trinajstić information content (AvgIpc) is 3.29. The van der Waals surface area contributed by atoms with Gasteiger partial charge in [0.05, 0.1) is 34.1 Å². The lowest BCUT2D eigenvalue weighted by Gasteiger charge is -2.29. The van der Waals surface area contributed by atoms with E-state index in [4.69, 9.17) is 27.6 Å². The molecule has 3 heterocycles. The molecular formula is C20H18Cl2N4O2. The molecule has 0 saturated carbocycles. The predicted octanol–water partition coefficient (Wildman–Crippen LogP) is 4.70. The molecule has 2 aromatic heterocycles. The predicted molar refractivity (Wildman–Crippen MR) is 108 cm³/mol. The maximum atomic E-state index is 13.1. The lowest BCUT2D eigenvalue weighted by Crippen LogP contribution is -2.34. The summed E-state index contributed by atoms with van der Waals surface area (Å²) in [6.45, 7) is 4.07. The highest BCUT2D eigenvalue weighted by Crippen LogP contribution is 2.38. The van der Waals surface area contributed by atoms with E-state index < -0.39 is 6.04 Å². The first-order valence-electron chi connectivity index (χ1n) is 8.73. The molecule has 1 aromatic carbocycles. The summed E-state index contributed by atoms with van der Waals surface area (Å²) in [4.78, 5) is 13.1. The highest BCUT2D eigenvalue weighted by molar-refractivity contribution is 6.42. The van der Waals surface area contributed by atoms with E-state index in [1.807, 2.05) is 32.0 Å². The highest BCUT2D eigenvalue weighted by Gasteiger charge is 2.33. The molecule has 8 heteroatoms. The van der Waals surface area contributed by atoms with Gasteiger partial charge in [0.25, 0.3) is 5.91 Å². The van der Waals surface area contributed by atoms with Crippen molar-refractivity contribution in [2.45, 2.75) is 26.4 Å². The maximum Gasteiger partial charge on any atom is 0.251 e. The van der Waals surface area contributed by atoms with Crippen LogP contribution < -0.4 is 10.6 Å². The number of benzene rings is 1. The number of hydrogen-bond donors (Lipinski definition) is 2. The Balaban J connectivity index is 1.75. The Morgan fingerprint density at radius 3 is 2.79 bits per heavy atom. The van der Waals surface area contributed by atoms with Crippen LogP contribution in [-0.2, 0) is 11.3 Å². The molecule has 0 fully saturated rings. The largest absolute Gasteiger partial charge is 0.467 e. The van der Waals surface area contributed by atoms with E-state index in [2.05, 4.69) is 15.7 Å². The van der Waals surface area contributed by atoms with Gasteiger partial charge in [-0.25, -0.2) is 4.68 Å². The van der Waals surface area contributed by atoms with Gasteiger partial charge in [0, 0.05) is 11.8 Å². The molecule has 0 radical (unpaired) electrons. The van der Waals surface area contributed by atoms with Crippen LogP contribution in [0, 0.1) is 6.92 Å². The Kier molecular flexibility index (Phi) is 4.91. The van der Waals surface area contributed by atoms with Crippen molar-refractivity contribution < 1.29 is 9.21 Å². The topological polar surface area (TPSA) is 72.1 Å². The summed E-state index contributed by atoms with van der Waals surface area (Å²) in [5, 5.41) is 11.7. The van der Waals surface area contributed by atoms with Crippen molar-refractivity contribution in [2.24, 2.45) is 0 Å². The number of allylic oxidation sites excluding steroid dienone is 1. The quantitative estimate of drug-likeness (QED) is 0.646. The van der Waals surface area contributed by atoms with Crippen LogP contribution >= 0.6 is 23.2 Å². The first kappa shape index (κ1) is 18.7. The van der Waals surface area contributed by atoms with Crippen LogP contribution in [0.15, 0.2) is 58.3 Å². The molecule has 1 aliphatic heterocycles. The van der Waals surface area contributed by atoms with E-state index in [1.165, 1.54) is 0 Å². The number of fused-ring (bicyclic) bond motifs is 1. The molecule has 6 nitrogen and oxygen atoms in total. The Morgan fingerprint density at radius 1 is 1.25 bits per heavy atom. The maximum absolute atomic E-state index is 13.1. The van der Waals surface area contributed by atoms with Crippen molar-refractivity contribution in [3.05, 3.63) is 81.0 Å². The monoisotopic (exact) mass is 416 g/mol. The average molecular weight is 417 g/mol. The third kappa shape index (κ3) is 3.41. The molecule has 1 unspecified atom stereocenters. The van der Waals surface area contributed by atoms with Crippen molar-refractivity contribution in [2.75, 3.05) is 5.32 Å². The molecular weight excluding hydrogens is 399 g/mol. The summed E-state index contributed by atoms with van der Waals surface area (Å²) < 4.78 is 7.10. The van der Waals surface area contributed by atoms with Crippen LogP contribution in [0.3, 0.4) is 0 Å². The summed E-state index contributed by atoms with van der Waals surface area (Å²) in [5.41, 5.74) is 2.97. The first-order chi connectivity index (χ1) is 13.4. The number of carbonyl (C=O) groups is 1. The molecule has 0 saturated heterocycles. The number of anilines is 1. The molecule has 1 atom stereocenters. The van der Waals surface area contributed by atoms with E-state index in [1.54, 1.807) is 29.1 Å². The van der Waals surface area contributed by atoms with Crippen LogP contribution in [0.2, 0.25) is 10.0 Å². The van der Waals surface area contributed by atoms with Gasteiger partial charge in [0.15, 0.2) is 0 Å². The van der Waals surface area contributed by atoms with Crippen LogP contribution in [0.1, 0.15) is 30.0 Å². The molecule has 2 N–H and O–H groups in total. The van der Waals surface area contributed by atoms with E-state index in [-0.39, 0.29) is 5.91 Å². The molecule has 3 aromatic rings. The van der Waals surface area contributed by atoms with Gasteiger partial charge >= 0.3 is 0 Å². The molecule has 0 spiro atoms. The molecule has 4 rings (SSSR count). The Bertz CT molecular complexity index is 1070.